The van der Waals surface area contributed by atoms with Crippen molar-refractivity contribution in [3.8, 4) is 11.5 Å². The molecule has 0 N–H and O–H groups in total. The van der Waals surface area contributed by atoms with Gasteiger partial charge in [0.25, 0.3) is 5.91 Å². The van der Waals surface area contributed by atoms with Crippen LogP contribution in [0.5, 0.6) is 11.5 Å². The number of hydrogen-bond acceptors (Lipinski definition) is 7. The highest BCUT2D eigenvalue weighted by Gasteiger charge is 2.45. The molecule has 2 aromatic carbocycles. The van der Waals surface area contributed by atoms with Gasteiger partial charge in [-0.05, 0) is 42.0 Å². The first-order chi connectivity index (χ1) is 16.5. The van der Waals surface area contributed by atoms with Gasteiger partial charge in [-0.1, -0.05) is 18.7 Å². The van der Waals surface area contributed by atoms with Gasteiger partial charge in [0, 0.05) is 12.4 Å². The van der Waals surface area contributed by atoms with E-state index < -0.39 is 23.2 Å². The molecule has 0 spiro atoms. The summed E-state index contributed by atoms with van der Waals surface area (Å²) in [6, 6.07) is 9.31. The van der Waals surface area contributed by atoms with Crippen LogP contribution in [0.1, 0.15) is 27.7 Å². The number of anilines is 1. The molecule has 1 unspecified atom stereocenters. The number of carbonyl (C=O) groups is 1. The number of benzene rings is 2. The van der Waals surface area contributed by atoms with Gasteiger partial charge < -0.3 is 13.9 Å². The minimum absolute atomic E-state index is 0.0327. The third-order valence-electron chi connectivity index (χ3n) is 5.46. The molecular weight excluding hydrogens is 441 g/mol. The second-order valence-corrected chi connectivity index (χ2v) is 7.45. The number of aromatic nitrogens is 2. The van der Waals surface area contributed by atoms with Crippen LogP contribution >= 0.6 is 0 Å². The topological polar surface area (TPSA) is 94.8 Å². The van der Waals surface area contributed by atoms with Gasteiger partial charge in [0.15, 0.2) is 16.9 Å². The first kappa shape index (κ1) is 21.3. The Kier molecular flexibility index (Phi) is 5.29. The predicted octanol–water partition coefficient (Wildman–Crippen LogP) is 4.05. The standard InChI is InChI=1S/C25H18FN3O5/c1-3-11-33-18-7-5-14(12-19(18)32-2)21-20-22(30)16-13-15(26)6-8-17(16)34-23(20)24(31)29(21)25-27-9-4-10-28-25/h3-10,12-13,21H,1,11H2,2H3. The minimum atomic E-state index is -0.934. The number of methoxy groups -OCH3 is 1. The van der Waals surface area contributed by atoms with E-state index in [0.717, 1.165) is 6.07 Å². The van der Waals surface area contributed by atoms with Crippen molar-refractivity contribution in [1.82, 2.24) is 9.97 Å². The summed E-state index contributed by atoms with van der Waals surface area (Å²) in [6.07, 6.45) is 4.58. The number of halogens is 1. The molecular formula is C25H18FN3O5. The summed E-state index contributed by atoms with van der Waals surface area (Å²) in [6.45, 7) is 3.90. The van der Waals surface area contributed by atoms with Crippen molar-refractivity contribution >= 4 is 22.8 Å². The second kappa shape index (κ2) is 8.43. The Morgan fingerprint density at radius 2 is 1.94 bits per heavy atom. The molecule has 0 bridgehead atoms. The summed E-state index contributed by atoms with van der Waals surface area (Å²) in [7, 11) is 1.48. The van der Waals surface area contributed by atoms with Crippen molar-refractivity contribution in [2.45, 2.75) is 6.04 Å². The maximum absolute atomic E-state index is 13.9. The fourth-order valence-corrected chi connectivity index (χ4v) is 4.00. The first-order valence-electron chi connectivity index (χ1n) is 10.3. The van der Waals surface area contributed by atoms with Crippen LogP contribution in [0, 0.1) is 5.82 Å². The van der Waals surface area contributed by atoms with E-state index in [1.54, 1.807) is 30.3 Å². The summed E-state index contributed by atoms with van der Waals surface area (Å²) in [5, 5.41) is 0.0327. The Labute approximate surface area is 192 Å². The molecule has 1 atom stereocenters. The number of ether oxygens (including phenoxy) is 2. The fourth-order valence-electron chi connectivity index (χ4n) is 4.00. The zero-order valence-electron chi connectivity index (χ0n) is 18.0. The number of hydrogen-bond donors (Lipinski definition) is 0. The fraction of sp³-hybridized carbons (Fsp3) is 0.120. The normalized spacial score (nSPS) is 14.8. The van der Waals surface area contributed by atoms with Gasteiger partial charge in [-0.15, -0.1) is 0 Å². The van der Waals surface area contributed by atoms with Crippen molar-refractivity contribution in [2.75, 3.05) is 18.6 Å². The second-order valence-electron chi connectivity index (χ2n) is 7.45. The molecule has 5 rings (SSSR count). The Balaban J connectivity index is 1.76. The lowest BCUT2D eigenvalue weighted by Gasteiger charge is -2.23. The highest BCUT2D eigenvalue weighted by Crippen LogP contribution is 2.42. The van der Waals surface area contributed by atoms with Gasteiger partial charge >= 0.3 is 0 Å². The van der Waals surface area contributed by atoms with Crippen LogP contribution in [-0.2, 0) is 0 Å². The lowest BCUT2D eigenvalue weighted by molar-refractivity contribution is 0.0969. The largest absolute Gasteiger partial charge is 0.493 e. The van der Waals surface area contributed by atoms with Gasteiger partial charge in [0.05, 0.1) is 24.1 Å². The van der Waals surface area contributed by atoms with Crippen molar-refractivity contribution in [3.63, 3.8) is 0 Å². The van der Waals surface area contributed by atoms with Crippen molar-refractivity contribution in [3.05, 3.63) is 100 Å². The van der Waals surface area contributed by atoms with Gasteiger partial charge in [-0.2, -0.15) is 0 Å². The molecule has 0 saturated heterocycles. The third-order valence-corrected chi connectivity index (χ3v) is 5.46. The molecule has 34 heavy (non-hydrogen) atoms. The summed E-state index contributed by atoms with van der Waals surface area (Å²) in [5.74, 6) is -0.372. The van der Waals surface area contributed by atoms with Crippen molar-refractivity contribution < 1.29 is 23.1 Å². The SMILES string of the molecule is C=CCOc1ccc(C2c3c(oc4ccc(F)cc4c3=O)C(=O)N2c2ncccn2)cc1OC. The van der Waals surface area contributed by atoms with E-state index in [1.165, 1.54) is 36.5 Å². The molecule has 1 aliphatic heterocycles. The van der Waals surface area contributed by atoms with E-state index in [2.05, 4.69) is 16.5 Å². The molecule has 0 aliphatic carbocycles. The lowest BCUT2D eigenvalue weighted by atomic mass is 9.98. The molecule has 0 fully saturated rings. The zero-order valence-corrected chi connectivity index (χ0v) is 18.0. The molecule has 8 nitrogen and oxygen atoms in total. The van der Waals surface area contributed by atoms with Crippen molar-refractivity contribution in [1.29, 1.82) is 0 Å². The van der Waals surface area contributed by atoms with Gasteiger partial charge in [-0.3, -0.25) is 14.5 Å². The highest BCUT2D eigenvalue weighted by molar-refractivity contribution is 6.09. The maximum Gasteiger partial charge on any atom is 0.297 e. The van der Waals surface area contributed by atoms with Gasteiger partial charge in [0.1, 0.15) is 18.0 Å². The van der Waals surface area contributed by atoms with E-state index in [4.69, 9.17) is 13.9 Å². The van der Waals surface area contributed by atoms with Crippen LogP contribution in [0.4, 0.5) is 10.3 Å². The van der Waals surface area contributed by atoms with Crippen molar-refractivity contribution in [2.24, 2.45) is 0 Å². The first-order valence-corrected chi connectivity index (χ1v) is 10.3. The van der Waals surface area contributed by atoms with Gasteiger partial charge in [-0.25, -0.2) is 14.4 Å². The van der Waals surface area contributed by atoms with E-state index in [1.807, 2.05) is 0 Å². The predicted molar refractivity (Wildman–Crippen MR) is 122 cm³/mol. The molecule has 1 aliphatic rings. The van der Waals surface area contributed by atoms with Crippen LogP contribution < -0.4 is 19.8 Å². The quantitative estimate of drug-likeness (QED) is 0.402. The molecule has 9 heteroatoms. The Bertz CT molecular complexity index is 1490. The summed E-state index contributed by atoms with van der Waals surface area (Å²) >= 11 is 0. The maximum atomic E-state index is 13.9. The highest BCUT2D eigenvalue weighted by atomic mass is 19.1. The number of amides is 1. The number of nitrogens with zero attached hydrogens (tertiary/aromatic N) is 3. The molecule has 3 heterocycles. The number of rotatable bonds is 6. The third kappa shape index (κ3) is 3.38. The van der Waals surface area contributed by atoms with Crippen LogP contribution in [0.2, 0.25) is 0 Å². The Hall–Kier alpha value is -4.53. The molecule has 2 aromatic heterocycles. The summed E-state index contributed by atoms with van der Waals surface area (Å²) < 4.78 is 30.8. The molecule has 0 saturated carbocycles. The van der Waals surface area contributed by atoms with Crippen LogP contribution in [-0.4, -0.2) is 29.6 Å². The van der Waals surface area contributed by atoms with Crippen LogP contribution in [0.15, 0.2) is 76.7 Å². The van der Waals surface area contributed by atoms with Crippen LogP contribution in [0.25, 0.3) is 11.0 Å². The Morgan fingerprint density at radius 1 is 1.15 bits per heavy atom. The average molecular weight is 459 g/mol. The smallest absolute Gasteiger partial charge is 0.297 e. The molecule has 1 amide bonds. The van der Waals surface area contributed by atoms with E-state index in [-0.39, 0.29) is 34.8 Å². The minimum Gasteiger partial charge on any atom is -0.493 e. The molecule has 0 radical (unpaired) electrons. The number of carbonyl (C=O) groups excluding carboxylic acids is 1. The monoisotopic (exact) mass is 459 g/mol. The molecule has 170 valence electrons. The van der Waals surface area contributed by atoms with E-state index in [9.17, 15) is 14.0 Å². The van der Waals surface area contributed by atoms with Gasteiger partial charge in [0.2, 0.25) is 11.7 Å². The lowest BCUT2D eigenvalue weighted by Crippen LogP contribution is -2.31. The summed E-state index contributed by atoms with van der Waals surface area (Å²) in [4.78, 5) is 36.7. The molecule has 4 aromatic rings. The average Bonchev–Trinajstić information content (AvgIpc) is 3.16. The van der Waals surface area contributed by atoms with E-state index in [0.29, 0.717) is 17.1 Å². The number of fused-ring (bicyclic) bond motifs is 2. The van der Waals surface area contributed by atoms with Crippen LogP contribution in [0.3, 0.4) is 0 Å². The van der Waals surface area contributed by atoms with E-state index >= 15 is 0 Å². The summed E-state index contributed by atoms with van der Waals surface area (Å²) in [5.41, 5.74) is 0.195. The zero-order chi connectivity index (χ0) is 23.8. The Morgan fingerprint density at radius 3 is 2.68 bits per heavy atom.